The molecule has 1 heterocycles. The molecule has 0 bridgehead atoms. The topological polar surface area (TPSA) is 64.3 Å². The summed E-state index contributed by atoms with van der Waals surface area (Å²) in [6.45, 7) is 3.21. The third-order valence-corrected chi connectivity index (χ3v) is 4.58. The van der Waals surface area contributed by atoms with Gasteiger partial charge in [-0.15, -0.1) is 0 Å². The van der Waals surface area contributed by atoms with Gasteiger partial charge in [0.2, 0.25) is 0 Å². The summed E-state index contributed by atoms with van der Waals surface area (Å²) in [6, 6.07) is 12.9. The number of aliphatic hydroxyl groups is 1. The first-order valence-electron chi connectivity index (χ1n) is 8.03. The van der Waals surface area contributed by atoms with E-state index in [2.05, 4.69) is 0 Å². The molecule has 0 aliphatic heterocycles. The number of aryl methyl sites for hydroxylation is 1. The third kappa shape index (κ3) is 3.68. The maximum absolute atomic E-state index is 10.4. The lowest BCUT2D eigenvalue weighted by atomic mass is 10.3. The van der Waals surface area contributed by atoms with Gasteiger partial charge in [-0.05, 0) is 37.3 Å². The minimum atomic E-state index is -0.741. The second-order valence-electron chi connectivity index (χ2n) is 5.74. The fourth-order valence-corrected chi connectivity index (χ4v) is 3.34. The molecule has 0 saturated heterocycles. The van der Waals surface area contributed by atoms with E-state index >= 15 is 0 Å². The van der Waals surface area contributed by atoms with Crippen molar-refractivity contribution in [1.29, 1.82) is 0 Å². The number of aromatic nitrogens is 2. The number of nitrogen functional groups attached to an aromatic ring is 1. The van der Waals surface area contributed by atoms with Crippen molar-refractivity contribution in [3.63, 3.8) is 0 Å². The van der Waals surface area contributed by atoms with Gasteiger partial charge in [-0.3, -0.25) is 5.73 Å². The number of anilines is 1. The summed E-state index contributed by atoms with van der Waals surface area (Å²) in [7, 11) is 0. The standard InChI is InChI=1S/C18H19Cl2N3O2/c1-2-22-15-5-3-4-6-16(15)23(18(22)21)10-13(24)11-25-17-8-7-12(19)9-14(17)20/h3-9,13,21,24H,2,10-11H2,1H3/p+1/t13-/m0/s1. The number of fused-ring (bicyclic) bond motifs is 1. The molecule has 0 unspecified atom stereocenters. The molecule has 2 aromatic carbocycles. The van der Waals surface area contributed by atoms with E-state index in [-0.39, 0.29) is 6.61 Å². The van der Waals surface area contributed by atoms with Crippen LogP contribution in [0, 0.1) is 0 Å². The van der Waals surface area contributed by atoms with Crippen LogP contribution in [0.4, 0.5) is 5.95 Å². The predicted octanol–water partition coefficient (Wildman–Crippen LogP) is 3.28. The molecule has 3 rings (SSSR count). The summed E-state index contributed by atoms with van der Waals surface area (Å²) in [5.41, 5.74) is 8.28. The van der Waals surface area contributed by atoms with Gasteiger partial charge in [0.1, 0.15) is 36.0 Å². The molecule has 25 heavy (non-hydrogen) atoms. The van der Waals surface area contributed by atoms with E-state index in [1.165, 1.54) is 0 Å². The monoisotopic (exact) mass is 380 g/mol. The molecule has 0 fully saturated rings. The van der Waals surface area contributed by atoms with Gasteiger partial charge in [-0.2, -0.15) is 0 Å². The summed E-state index contributed by atoms with van der Waals surface area (Å²) in [5, 5.41) is 11.3. The number of ether oxygens (including phenoxy) is 1. The van der Waals surface area contributed by atoms with Crippen molar-refractivity contribution in [2.75, 3.05) is 12.3 Å². The number of benzene rings is 2. The first-order valence-corrected chi connectivity index (χ1v) is 8.79. The van der Waals surface area contributed by atoms with Crippen LogP contribution in [0.1, 0.15) is 6.92 Å². The molecule has 1 atom stereocenters. The molecule has 0 amide bonds. The maximum Gasteiger partial charge on any atom is 0.356 e. The van der Waals surface area contributed by atoms with E-state index in [0.29, 0.717) is 28.3 Å². The zero-order valence-corrected chi connectivity index (χ0v) is 15.3. The maximum atomic E-state index is 10.4. The van der Waals surface area contributed by atoms with Gasteiger partial charge < -0.3 is 9.84 Å². The van der Waals surface area contributed by atoms with Gasteiger partial charge in [-0.1, -0.05) is 35.3 Å². The Hall–Kier alpha value is -1.95. The van der Waals surface area contributed by atoms with Crippen LogP contribution in [0.15, 0.2) is 42.5 Å². The normalized spacial score (nSPS) is 12.5. The first-order chi connectivity index (χ1) is 12.0. The molecule has 0 radical (unpaired) electrons. The van der Waals surface area contributed by atoms with E-state index in [1.54, 1.807) is 18.2 Å². The summed E-state index contributed by atoms with van der Waals surface area (Å²) in [4.78, 5) is 0. The van der Waals surface area contributed by atoms with Crippen LogP contribution >= 0.6 is 23.2 Å². The molecule has 3 N–H and O–H groups in total. The number of nitrogens with two attached hydrogens (primary N) is 1. The lowest BCUT2D eigenvalue weighted by Gasteiger charge is -2.13. The van der Waals surface area contributed by atoms with Crippen molar-refractivity contribution in [3.05, 3.63) is 52.5 Å². The number of imidazole rings is 1. The van der Waals surface area contributed by atoms with Crippen molar-refractivity contribution in [2.45, 2.75) is 26.1 Å². The average Bonchev–Trinajstić information content (AvgIpc) is 2.86. The highest BCUT2D eigenvalue weighted by molar-refractivity contribution is 6.35. The minimum absolute atomic E-state index is 0.0967. The summed E-state index contributed by atoms with van der Waals surface area (Å²) in [6.07, 6.45) is -0.741. The number of aliphatic hydroxyl groups excluding tert-OH is 1. The van der Waals surface area contributed by atoms with Crippen LogP contribution in [0.25, 0.3) is 11.0 Å². The highest BCUT2D eigenvalue weighted by Crippen LogP contribution is 2.27. The molecule has 0 spiro atoms. The zero-order valence-electron chi connectivity index (χ0n) is 13.8. The Morgan fingerprint density at radius 1 is 1.24 bits per heavy atom. The average molecular weight is 381 g/mol. The Morgan fingerprint density at radius 2 is 2.00 bits per heavy atom. The summed E-state index contributed by atoms with van der Waals surface area (Å²) >= 11 is 11.9. The predicted molar refractivity (Wildman–Crippen MR) is 100 cm³/mol. The van der Waals surface area contributed by atoms with Gasteiger partial charge in [-0.25, -0.2) is 9.13 Å². The van der Waals surface area contributed by atoms with Gasteiger partial charge in [0.25, 0.3) is 0 Å². The Morgan fingerprint density at radius 3 is 2.72 bits per heavy atom. The van der Waals surface area contributed by atoms with Crippen LogP contribution in [0.3, 0.4) is 0 Å². The molecule has 0 aliphatic carbocycles. The van der Waals surface area contributed by atoms with Gasteiger partial charge in [0, 0.05) is 5.02 Å². The van der Waals surface area contributed by atoms with Crippen LogP contribution in [-0.2, 0) is 13.1 Å². The third-order valence-electron chi connectivity index (χ3n) is 4.05. The van der Waals surface area contributed by atoms with Crippen LogP contribution < -0.4 is 15.0 Å². The lowest BCUT2D eigenvalue weighted by molar-refractivity contribution is -0.665. The Labute approximate surface area is 156 Å². The number of hydrogen-bond donors (Lipinski definition) is 2. The largest absolute Gasteiger partial charge is 0.489 e. The molecule has 1 aromatic heterocycles. The SMILES string of the molecule is CCn1c(N)[n+](C[C@H](O)COc2ccc(Cl)cc2Cl)c2ccccc21. The van der Waals surface area contributed by atoms with Crippen molar-refractivity contribution < 1.29 is 14.4 Å². The Kier molecular flexibility index (Phi) is 5.37. The smallest absolute Gasteiger partial charge is 0.356 e. The molecule has 132 valence electrons. The van der Waals surface area contributed by atoms with Gasteiger partial charge >= 0.3 is 5.95 Å². The number of halogens is 2. The van der Waals surface area contributed by atoms with Crippen molar-refractivity contribution in [1.82, 2.24) is 4.57 Å². The number of hydrogen-bond acceptors (Lipinski definition) is 3. The molecule has 7 heteroatoms. The number of nitrogens with zero attached hydrogens (tertiary/aromatic N) is 2. The zero-order chi connectivity index (χ0) is 18.0. The number of rotatable bonds is 6. The highest BCUT2D eigenvalue weighted by Gasteiger charge is 2.22. The van der Waals surface area contributed by atoms with E-state index < -0.39 is 6.10 Å². The van der Waals surface area contributed by atoms with Gasteiger partial charge in [0.15, 0.2) is 0 Å². The fraction of sp³-hybridized carbons (Fsp3) is 0.278. The van der Waals surface area contributed by atoms with E-state index in [4.69, 9.17) is 33.7 Å². The molecule has 3 aromatic rings. The van der Waals surface area contributed by atoms with E-state index in [1.807, 2.05) is 40.3 Å². The van der Waals surface area contributed by atoms with Crippen molar-refractivity contribution in [2.24, 2.45) is 0 Å². The van der Waals surface area contributed by atoms with Crippen LogP contribution in [0.5, 0.6) is 5.75 Å². The van der Waals surface area contributed by atoms with Crippen molar-refractivity contribution >= 4 is 40.2 Å². The number of para-hydroxylation sites is 2. The van der Waals surface area contributed by atoms with Crippen LogP contribution in [0.2, 0.25) is 10.0 Å². The minimum Gasteiger partial charge on any atom is -0.489 e. The quantitative estimate of drug-likeness (QED) is 0.644. The molecular formula is C18H20Cl2N3O2+. The summed E-state index contributed by atoms with van der Waals surface area (Å²) < 4.78 is 9.52. The molecule has 0 aliphatic rings. The van der Waals surface area contributed by atoms with Crippen molar-refractivity contribution in [3.8, 4) is 5.75 Å². The Balaban J connectivity index is 1.76. The van der Waals surface area contributed by atoms with Gasteiger partial charge in [0.05, 0.1) is 11.6 Å². The highest BCUT2D eigenvalue weighted by atomic mass is 35.5. The van der Waals surface area contributed by atoms with E-state index in [9.17, 15) is 5.11 Å². The second-order valence-corrected chi connectivity index (χ2v) is 6.58. The molecule has 5 nitrogen and oxygen atoms in total. The van der Waals surface area contributed by atoms with E-state index in [0.717, 1.165) is 17.6 Å². The van der Waals surface area contributed by atoms with Crippen LogP contribution in [-0.4, -0.2) is 22.4 Å². The molecular weight excluding hydrogens is 361 g/mol. The summed E-state index contributed by atoms with van der Waals surface area (Å²) in [5.74, 6) is 1.09. The molecule has 0 saturated carbocycles. The second kappa shape index (κ2) is 7.52. The fourth-order valence-electron chi connectivity index (χ4n) is 2.88. The lowest BCUT2D eigenvalue weighted by Crippen LogP contribution is -2.43. The first kappa shape index (κ1) is 17.9. The Bertz CT molecular complexity index is 895.